The summed E-state index contributed by atoms with van der Waals surface area (Å²) in [5, 5.41) is 6.69. The highest BCUT2D eigenvalue weighted by atomic mass is 16.5. The quantitative estimate of drug-likeness (QED) is 0.393. The van der Waals surface area contributed by atoms with Crippen LogP contribution in [-0.4, -0.2) is 11.2 Å². The number of hydrogen-bond acceptors (Lipinski definition) is 2. The maximum Gasteiger partial charge on any atom is 0.124 e. The maximum absolute atomic E-state index is 6.28. The van der Waals surface area contributed by atoms with Gasteiger partial charge in [0, 0.05) is 50.9 Å². The summed E-state index contributed by atoms with van der Waals surface area (Å²) in [5.74, 6) is 1.39. The number of anilines is 1. The minimum atomic E-state index is -0.0190. The van der Waals surface area contributed by atoms with Crippen LogP contribution in [0.15, 0.2) is 54.6 Å². The fourth-order valence-corrected chi connectivity index (χ4v) is 5.96. The van der Waals surface area contributed by atoms with E-state index in [1.165, 1.54) is 44.2 Å². The third kappa shape index (κ3) is 2.21. The Morgan fingerprint density at radius 2 is 1.90 bits per heavy atom. The molecule has 0 amide bonds. The van der Waals surface area contributed by atoms with Crippen molar-refractivity contribution in [2.75, 3.05) is 11.9 Å². The topological polar surface area (TPSA) is 26.2 Å². The monoisotopic (exact) mass is 396 g/mol. The van der Waals surface area contributed by atoms with Crippen molar-refractivity contribution in [2.24, 2.45) is 5.92 Å². The predicted octanol–water partition coefficient (Wildman–Crippen LogP) is 6.58. The lowest BCUT2D eigenvalue weighted by Gasteiger charge is -2.49. The molecule has 152 valence electrons. The summed E-state index contributed by atoms with van der Waals surface area (Å²) in [5.41, 5.74) is 7.91. The minimum absolute atomic E-state index is 0.0190. The molecule has 2 atom stereocenters. The number of hydrogen-bond donors (Lipinski definition) is 1. The summed E-state index contributed by atoms with van der Waals surface area (Å²) in [6.07, 6.45) is 0. The Bertz CT molecular complexity index is 1310. The molecule has 2 aliphatic rings. The van der Waals surface area contributed by atoms with E-state index in [0.29, 0.717) is 5.92 Å². The summed E-state index contributed by atoms with van der Waals surface area (Å²) in [7, 11) is 0. The normalized spacial score (nSPS) is 21.5. The minimum Gasteiger partial charge on any atom is -0.493 e. The lowest BCUT2D eigenvalue weighted by atomic mass is 9.64. The largest absolute Gasteiger partial charge is 0.493 e. The molecule has 0 saturated heterocycles. The number of nitrogens with zero attached hydrogens (tertiary/aromatic N) is 1. The van der Waals surface area contributed by atoms with Gasteiger partial charge in [-0.05, 0) is 43.7 Å². The lowest BCUT2D eigenvalue weighted by Crippen LogP contribution is -2.46. The van der Waals surface area contributed by atoms with Crippen molar-refractivity contribution >= 4 is 27.5 Å². The zero-order valence-electron chi connectivity index (χ0n) is 18.1. The van der Waals surface area contributed by atoms with Crippen LogP contribution in [-0.2, 0) is 12.0 Å². The van der Waals surface area contributed by atoms with Crippen LogP contribution in [0.25, 0.3) is 21.8 Å². The fourth-order valence-electron chi connectivity index (χ4n) is 5.96. The van der Waals surface area contributed by atoms with Crippen LogP contribution < -0.4 is 10.1 Å². The Labute approximate surface area is 177 Å². The van der Waals surface area contributed by atoms with E-state index in [1.54, 1.807) is 0 Å². The number of rotatable bonds is 1. The zero-order valence-corrected chi connectivity index (χ0v) is 18.1. The fraction of sp³-hybridized carbons (Fsp3) is 0.333. The molecule has 3 heterocycles. The molecule has 0 bridgehead atoms. The first-order chi connectivity index (χ1) is 14.5. The van der Waals surface area contributed by atoms with Crippen molar-refractivity contribution in [3.05, 3.63) is 71.3 Å². The summed E-state index contributed by atoms with van der Waals surface area (Å²) in [6.45, 7) is 10.9. The molecule has 2 aliphatic heterocycles. The van der Waals surface area contributed by atoms with E-state index in [2.05, 4.69) is 92.2 Å². The molecular weight excluding hydrogens is 368 g/mol. The molecule has 3 aromatic carbocycles. The molecule has 0 aliphatic carbocycles. The Kier molecular flexibility index (Phi) is 3.60. The van der Waals surface area contributed by atoms with Crippen molar-refractivity contribution in [3.63, 3.8) is 0 Å². The zero-order chi connectivity index (χ0) is 20.6. The average Bonchev–Trinajstić information content (AvgIpc) is 3.07. The van der Waals surface area contributed by atoms with Gasteiger partial charge in [-0.2, -0.15) is 0 Å². The summed E-state index contributed by atoms with van der Waals surface area (Å²) in [6, 6.07) is 20.3. The van der Waals surface area contributed by atoms with Gasteiger partial charge in [0.15, 0.2) is 0 Å². The molecular formula is C27H28N2O. The van der Waals surface area contributed by atoms with E-state index < -0.39 is 0 Å². The van der Waals surface area contributed by atoms with E-state index in [9.17, 15) is 0 Å². The molecule has 0 fully saturated rings. The SMILES string of the molecule is CCn1c2ccccc2c2c3c(ccc21)N[C@H]1c2cc(C)ccc2OC[C@H]1C3(C)C. The van der Waals surface area contributed by atoms with Gasteiger partial charge in [-0.15, -0.1) is 0 Å². The van der Waals surface area contributed by atoms with Crippen molar-refractivity contribution in [2.45, 2.75) is 45.7 Å². The number of para-hydroxylation sites is 1. The highest BCUT2D eigenvalue weighted by Crippen LogP contribution is 2.54. The second-order valence-corrected chi connectivity index (χ2v) is 9.45. The van der Waals surface area contributed by atoms with Crippen LogP contribution in [0.5, 0.6) is 5.75 Å². The number of benzene rings is 3. The van der Waals surface area contributed by atoms with Crippen LogP contribution >= 0.6 is 0 Å². The van der Waals surface area contributed by atoms with Crippen LogP contribution in [0.3, 0.4) is 0 Å². The molecule has 1 N–H and O–H groups in total. The van der Waals surface area contributed by atoms with Gasteiger partial charge in [-0.3, -0.25) is 0 Å². The van der Waals surface area contributed by atoms with Gasteiger partial charge in [0.1, 0.15) is 5.75 Å². The predicted molar refractivity (Wildman–Crippen MR) is 125 cm³/mol. The standard InChI is InChI=1S/C27H28N2O/c1-5-29-21-9-7-6-8-17(21)24-22(29)12-11-20-25(24)27(3,4)19-15-30-23-13-10-16(2)14-18(23)26(19)28-20/h6-14,19,26,28H,5,15H2,1-4H3/t19-,26+/m1/s1. The Morgan fingerprint density at radius 1 is 1.07 bits per heavy atom. The molecule has 0 unspecified atom stereocenters. The molecule has 3 heteroatoms. The smallest absolute Gasteiger partial charge is 0.124 e. The van der Waals surface area contributed by atoms with Gasteiger partial charge in [0.05, 0.1) is 12.6 Å². The third-order valence-electron chi connectivity index (χ3n) is 7.46. The molecule has 0 saturated carbocycles. The van der Waals surface area contributed by atoms with Gasteiger partial charge in [-0.25, -0.2) is 0 Å². The van der Waals surface area contributed by atoms with Gasteiger partial charge in [0.25, 0.3) is 0 Å². The second kappa shape index (κ2) is 6.04. The lowest BCUT2D eigenvalue weighted by molar-refractivity contribution is 0.136. The molecule has 0 radical (unpaired) electrons. The Morgan fingerprint density at radius 3 is 2.73 bits per heavy atom. The molecule has 30 heavy (non-hydrogen) atoms. The van der Waals surface area contributed by atoms with E-state index in [1.807, 2.05) is 0 Å². The van der Waals surface area contributed by atoms with Gasteiger partial charge >= 0.3 is 0 Å². The maximum atomic E-state index is 6.28. The van der Waals surface area contributed by atoms with Crippen molar-refractivity contribution in [1.82, 2.24) is 4.57 Å². The van der Waals surface area contributed by atoms with Gasteiger partial charge < -0.3 is 14.6 Å². The average molecular weight is 397 g/mol. The number of nitrogens with one attached hydrogen (secondary N) is 1. The van der Waals surface area contributed by atoms with E-state index >= 15 is 0 Å². The Balaban J connectivity index is 1.65. The third-order valence-corrected chi connectivity index (χ3v) is 7.46. The Hall–Kier alpha value is -2.94. The van der Waals surface area contributed by atoms with E-state index in [-0.39, 0.29) is 11.5 Å². The molecule has 6 rings (SSSR count). The van der Waals surface area contributed by atoms with Crippen molar-refractivity contribution < 1.29 is 4.74 Å². The number of fused-ring (bicyclic) bond motifs is 8. The van der Waals surface area contributed by atoms with Crippen LogP contribution in [0.4, 0.5) is 5.69 Å². The van der Waals surface area contributed by atoms with Crippen LogP contribution in [0, 0.1) is 12.8 Å². The summed E-state index contributed by atoms with van der Waals surface area (Å²) < 4.78 is 8.73. The summed E-state index contributed by atoms with van der Waals surface area (Å²) in [4.78, 5) is 0. The first-order valence-corrected chi connectivity index (χ1v) is 11.0. The number of ether oxygens (including phenoxy) is 1. The van der Waals surface area contributed by atoms with Gasteiger partial charge in [0.2, 0.25) is 0 Å². The van der Waals surface area contributed by atoms with Crippen molar-refractivity contribution in [3.8, 4) is 5.75 Å². The first kappa shape index (κ1) is 17.9. The van der Waals surface area contributed by atoms with Gasteiger partial charge in [-0.1, -0.05) is 49.7 Å². The second-order valence-electron chi connectivity index (χ2n) is 9.45. The molecule has 1 aromatic heterocycles. The number of aromatic nitrogens is 1. The molecule has 0 spiro atoms. The van der Waals surface area contributed by atoms with E-state index in [4.69, 9.17) is 4.74 Å². The highest BCUT2D eigenvalue weighted by molar-refractivity contribution is 6.12. The van der Waals surface area contributed by atoms with Crippen LogP contribution in [0.1, 0.15) is 43.5 Å². The molecule has 4 aromatic rings. The van der Waals surface area contributed by atoms with Crippen LogP contribution in [0.2, 0.25) is 0 Å². The van der Waals surface area contributed by atoms with Crippen molar-refractivity contribution in [1.29, 1.82) is 0 Å². The molecule has 3 nitrogen and oxygen atoms in total. The summed E-state index contributed by atoms with van der Waals surface area (Å²) >= 11 is 0. The van der Waals surface area contributed by atoms with E-state index in [0.717, 1.165) is 18.9 Å². The first-order valence-electron chi connectivity index (χ1n) is 11.0. The number of aryl methyl sites for hydroxylation is 2. The highest BCUT2D eigenvalue weighted by Gasteiger charge is 2.47.